The first-order valence-electron chi connectivity index (χ1n) is 6.91. The van der Waals surface area contributed by atoms with Crippen molar-refractivity contribution < 1.29 is 4.79 Å². The standard InChI is InChI=1S/C15H23N3OS/c1-11-9-12(5-6-13(11)16)15-18(14(19)10-20-15)8-4-7-17(2)3/h5-6,9,15H,4,7-8,10,16H2,1-3H3. The first-order valence-corrected chi connectivity index (χ1v) is 7.95. The minimum absolute atomic E-state index is 0.143. The van der Waals surface area contributed by atoms with Crippen LogP contribution in [0.3, 0.4) is 0 Å². The van der Waals surface area contributed by atoms with Crippen molar-refractivity contribution in [2.45, 2.75) is 18.7 Å². The first-order chi connectivity index (χ1) is 9.49. The van der Waals surface area contributed by atoms with Crippen molar-refractivity contribution in [2.24, 2.45) is 0 Å². The number of nitrogens with two attached hydrogens (primary N) is 1. The fourth-order valence-corrected chi connectivity index (χ4v) is 3.59. The molecule has 1 amide bonds. The maximum atomic E-state index is 12.1. The van der Waals surface area contributed by atoms with Crippen LogP contribution in [0.15, 0.2) is 18.2 Å². The predicted octanol–water partition coefficient (Wildman–Crippen LogP) is 2.10. The molecule has 1 heterocycles. The van der Waals surface area contributed by atoms with Gasteiger partial charge in [0.15, 0.2) is 0 Å². The number of anilines is 1. The molecule has 20 heavy (non-hydrogen) atoms. The summed E-state index contributed by atoms with van der Waals surface area (Å²) in [6.45, 7) is 3.83. The molecule has 1 unspecified atom stereocenters. The number of hydrogen-bond acceptors (Lipinski definition) is 4. The molecule has 5 heteroatoms. The summed E-state index contributed by atoms with van der Waals surface area (Å²) in [5.41, 5.74) is 8.94. The zero-order chi connectivity index (χ0) is 14.7. The molecule has 1 atom stereocenters. The molecule has 110 valence electrons. The molecule has 1 aromatic carbocycles. The molecule has 0 aromatic heterocycles. The van der Waals surface area contributed by atoms with Crippen molar-refractivity contribution in [3.8, 4) is 0 Å². The summed E-state index contributed by atoms with van der Waals surface area (Å²) in [5, 5.41) is 0.143. The molecule has 0 spiro atoms. The molecule has 1 aliphatic heterocycles. The van der Waals surface area contributed by atoms with Crippen molar-refractivity contribution in [3.05, 3.63) is 29.3 Å². The topological polar surface area (TPSA) is 49.6 Å². The van der Waals surface area contributed by atoms with E-state index in [0.717, 1.165) is 30.8 Å². The van der Waals surface area contributed by atoms with Crippen LogP contribution < -0.4 is 5.73 Å². The zero-order valence-corrected chi connectivity index (χ0v) is 13.2. The molecular weight excluding hydrogens is 270 g/mol. The maximum Gasteiger partial charge on any atom is 0.233 e. The Kier molecular flexibility index (Phi) is 4.94. The third-order valence-corrected chi connectivity index (χ3v) is 4.81. The smallest absolute Gasteiger partial charge is 0.233 e. The lowest BCUT2D eigenvalue weighted by Crippen LogP contribution is -2.31. The van der Waals surface area contributed by atoms with E-state index in [0.29, 0.717) is 5.75 Å². The van der Waals surface area contributed by atoms with E-state index in [1.165, 1.54) is 5.56 Å². The number of benzene rings is 1. The van der Waals surface area contributed by atoms with Crippen LogP contribution in [0.4, 0.5) is 5.69 Å². The van der Waals surface area contributed by atoms with E-state index in [9.17, 15) is 4.79 Å². The van der Waals surface area contributed by atoms with Crippen LogP contribution in [0.5, 0.6) is 0 Å². The molecule has 0 aliphatic carbocycles. The number of carbonyl (C=O) groups is 1. The van der Waals surface area contributed by atoms with Crippen molar-refractivity contribution in [1.29, 1.82) is 0 Å². The number of rotatable bonds is 5. The van der Waals surface area contributed by atoms with Gasteiger partial charge >= 0.3 is 0 Å². The number of nitrogens with zero attached hydrogens (tertiary/aromatic N) is 2. The lowest BCUT2D eigenvalue weighted by atomic mass is 10.1. The summed E-state index contributed by atoms with van der Waals surface area (Å²) < 4.78 is 0. The van der Waals surface area contributed by atoms with Gasteiger partial charge in [-0.1, -0.05) is 12.1 Å². The Hall–Kier alpha value is -1.20. The Bertz CT molecular complexity index is 490. The average Bonchev–Trinajstić information content (AvgIpc) is 2.74. The number of amides is 1. The van der Waals surface area contributed by atoms with Gasteiger partial charge in [0.05, 0.1) is 5.75 Å². The summed E-state index contributed by atoms with van der Waals surface area (Å²) in [7, 11) is 4.11. The van der Waals surface area contributed by atoms with E-state index < -0.39 is 0 Å². The van der Waals surface area contributed by atoms with Gasteiger partial charge in [-0.2, -0.15) is 0 Å². The van der Waals surface area contributed by atoms with E-state index in [-0.39, 0.29) is 11.3 Å². The molecular formula is C15H23N3OS. The molecule has 2 rings (SSSR count). The largest absolute Gasteiger partial charge is 0.399 e. The Morgan fingerprint density at radius 2 is 2.20 bits per heavy atom. The molecule has 2 N–H and O–H groups in total. The molecule has 4 nitrogen and oxygen atoms in total. The molecule has 1 aromatic rings. The number of nitrogen functional groups attached to an aromatic ring is 1. The lowest BCUT2D eigenvalue weighted by Gasteiger charge is -2.25. The molecule has 0 bridgehead atoms. The van der Waals surface area contributed by atoms with Gasteiger partial charge in [0.25, 0.3) is 0 Å². The molecule has 0 radical (unpaired) electrons. The van der Waals surface area contributed by atoms with Gasteiger partial charge in [-0.15, -0.1) is 11.8 Å². The Morgan fingerprint density at radius 3 is 2.85 bits per heavy atom. The van der Waals surface area contributed by atoms with Gasteiger partial charge in [-0.25, -0.2) is 0 Å². The van der Waals surface area contributed by atoms with Gasteiger partial charge in [-0.3, -0.25) is 4.79 Å². The quantitative estimate of drug-likeness (QED) is 0.845. The first kappa shape index (κ1) is 15.2. The highest BCUT2D eigenvalue weighted by atomic mass is 32.2. The van der Waals surface area contributed by atoms with Crippen LogP contribution in [0.1, 0.15) is 22.9 Å². The molecule has 0 saturated carbocycles. The fraction of sp³-hybridized carbons (Fsp3) is 0.533. The highest BCUT2D eigenvalue weighted by Crippen LogP contribution is 2.39. The molecule has 1 aliphatic rings. The molecule has 1 saturated heterocycles. The van der Waals surface area contributed by atoms with Crippen LogP contribution in [0, 0.1) is 6.92 Å². The number of aryl methyl sites for hydroxylation is 1. The monoisotopic (exact) mass is 293 g/mol. The van der Waals surface area contributed by atoms with Gasteiger partial charge in [0.1, 0.15) is 5.37 Å². The minimum atomic E-state index is 0.143. The average molecular weight is 293 g/mol. The predicted molar refractivity (Wildman–Crippen MR) is 85.7 cm³/mol. The van der Waals surface area contributed by atoms with Crippen LogP contribution in [-0.2, 0) is 4.79 Å². The van der Waals surface area contributed by atoms with Crippen molar-refractivity contribution >= 4 is 23.4 Å². The zero-order valence-electron chi connectivity index (χ0n) is 12.4. The van der Waals surface area contributed by atoms with Crippen LogP contribution in [0.25, 0.3) is 0 Å². The second kappa shape index (κ2) is 6.50. The number of thioether (sulfide) groups is 1. The van der Waals surface area contributed by atoms with E-state index in [1.807, 2.05) is 24.0 Å². The van der Waals surface area contributed by atoms with Gasteiger partial charge < -0.3 is 15.5 Å². The SMILES string of the molecule is Cc1cc(C2SCC(=O)N2CCCN(C)C)ccc1N. The van der Waals surface area contributed by atoms with Crippen molar-refractivity contribution in [1.82, 2.24) is 9.80 Å². The van der Waals surface area contributed by atoms with E-state index in [4.69, 9.17) is 5.73 Å². The Balaban J connectivity index is 2.08. The number of hydrogen-bond donors (Lipinski definition) is 1. The summed E-state index contributed by atoms with van der Waals surface area (Å²) >= 11 is 1.71. The highest BCUT2D eigenvalue weighted by molar-refractivity contribution is 8.00. The highest BCUT2D eigenvalue weighted by Gasteiger charge is 2.32. The van der Waals surface area contributed by atoms with Crippen molar-refractivity contribution in [3.63, 3.8) is 0 Å². The molecule has 1 fully saturated rings. The lowest BCUT2D eigenvalue weighted by molar-refractivity contribution is -0.128. The summed E-state index contributed by atoms with van der Waals surface area (Å²) in [5.74, 6) is 0.823. The van der Waals surface area contributed by atoms with Gasteiger partial charge in [0, 0.05) is 12.2 Å². The Labute approximate surface area is 125 Å². The van der Waals surface area contributed by atoms with E-state index >= 15 is 0 Å². The van der Waals surface area contributed by atoms with Gasteiger partial charge in [0.2, 0.25) is 5.91 Å². The maximum absolute atomic E-state index is 12.1. The number of carbonyl (C=O) groups excluding carboxylic acids is 1. The van der Waals surface area contributed by atoms with Crippen LogP contribution in [0.2, 0.25) is 0 Å². The fourth-order valence-electron chi connectivity index (χ4n) is 2.38. The third-order valence-electron chi connectivity index (χ3n) is 3.55. The summed E-state index contributed by atoms with van der Waals surface area (Å²) in [4.78, 5) is 16.2. The third kappa shape index (κ3) is 3.46. The summed E-state index contributed by atoms with van der Waals surface area (Å²) in [6.07, 6.45) is 1.00. The normalized spacial score (nSPS) is 19.1. The van der Waals surface area contributed by atoms with Crippen LogP contribution in [-0.4, -0.2) is 48.6 Å². The minimum Gasteiger partial charge on any atom is -0.399 e. The van der Waals surface area contributed by atoms with Gasteiger partial charge in [-0.05, 0) is 51.2 Å². The summed E-state index contributed by atoms with van der Waals surface area (Å²) in [6, 6.07) is 6.08. The second-order valence-corrected chi connectivity index (χ2v) is 6.59. The van der Waals surface area contributed by atoms with Crippen molar-refractivity contribution in [2.75, 3.05) is 38.7 Å². The van der Waals surface area contributed by atoms with Crippen LogP contribution >= 0.6 is 11.8 Å². The Morgan fingerprint density at radius 1 is 1.45 bits per heavy atom. The van der Waals surface area contributed by atoms with E-state index in [1.54, 1.807) is 11.8 Å². The second-order valence-electron chi connectivity index (χ2n) is 5.52. The van der Waals surface area contributed by atoms with E-state index in [2.05, 4.69) is 25.1 Å².